The molecule has 11 heavy (non-hydrogen) atoms. The minimum Gasteiger partial charge on any atom is -0.394 e. The van der Waals surface area contributed by atoms with Crippen LogP contribution in [-0.4, -0.2) is 42.3 Å². The molecule has 0 fully saturated rings. The molecular formula is C5H9F3O3. The Morgan fingerprint density at radius 3 is 2.18 bits per heavy atom. The van der Waals surface area contributed by atoms with Crippen molar-refractivity contribution in [1.29, 1.82) is 0 Å². The van der Waals surface area contributed by atoms with Crippen LogP contribution in [0.1, 0.15) is 0 Å². The van der Waals surface area contributed by atoms with Crippen molar-refractivity contribution >= 4 is 0 Å². The highest BCUT2D eigenvalue weighted by Crippen LogP contribution is 2.06. The molecule has 0 aliphatic heterocycles. The topological polar surface area (TPSA) is 49.7 Å². The van der Waals surface area contributed by atoms with Crippen LogP contribution in [0.3, 0.4) is 0 Å². The maximum atomic E-state index is 11.9. The lowest BCUT2D eigenvalue weighted by Gasteiger charge is -2.10. The fourth-order valence-electron chi connectivity index (χ4n) is 0.328. The summed E-state index contributed by atoms with van der Waals surface area (Å²) in [5, 5.41) is 16.6. The second kappa shape index (κ2) is 5.34. The van der Waals surface area contributed by atoms with Crippen molar-refractivity contribution < 1.29 is 28.1 Å². The van der Waals surface area contributed by atoms with Crippen molar-refractivity contribution in [3.8, 4) is 0 Å². The molecule has 0 aliphatic carbocycles. The first-order chi connectivity index (χ1) is 5.07. The molecule has 2 atom stereocenters. The molecule has 2 unspecified atom stereocenters. The molecule has 0 saturated carbocycles. The first kappa shape index (κ1) is 10.7. The number of ether oxygens (including phenoxy) is 1. The van der Waals surface area contributed by atoms with Gasteiger partial charge in [0.2, 0.25) is 0 Å². The van der Waals surface area contributed by atoms with E-state index in [0.29, 0.717) is 0 Å². The molecule has 0 spiro atoms. The second-order valence-corrected chi connectivity index (χ2v) is 1.86. The van der Waals surface area contributed by atoms with E-state index in [4.69, 9.17) is 10.2 Å². The molecule has 2 N–H and O–H groups in total. The Balaban J connectivity index is 3.37. The van der Waals surface area contributed by atoms with Crippen LogP contribution in [0.15, 0.2) is 0 Å². The van der Waals surface area contributed by atoms with Gasteiger partial charge in [0.25, 0.3) is 12.8 Å². The van der Waals surface area contributed by atoms with Gasteiger partial charge in [0.15, 0.2) is 0 Å². The smallest absolute Gasteiger partial charge is 0.293 e. The van der Waals surface area contributed by atoms with E-state index in [1.54, 1.807) is 0 Å². The minimum atomic E-state index is -3.22. The highest BCUT2D eigenvalue weighted by molar-refractivity contribution is 4.51. The molecular weight excluding hydrogens is 165 g/mol. The summed E-state index contributed by atoms with van der Waals surface area (Å²) in [7, 11) is 0. The molecule has 0 aromatic carbocycles. The van der Waals surface area contributed by atoms with E-state index in [2.05, 4.69) is 4.74 Å². The van der Waals surface area contributed by atoms with Crippen molar-refractivity contribution in [2.75, 3.05) is 13.2 Å². The van der Waals surface area contributed by atoms with Gasteiger partial charge in [-0.2, -0.15) is 0 Å². The van der Waals surface area contributed by atoms with Gasteiger partial charge in [-0.05, 0) is 0 Å². The largest absolute Gasteiger partial charge is 0.394 e. The predicted octanol–water partition coefficient (Wildman–Crippen LogP) is -0.0831. The van der Waals surface area contributed by atoms with Crippen LogP contribution in [0.4, 0.5) is 13.2 Å². The molecule has 0 aliphatic rings. The Morgan fingerprint density at radius 1 is 1.27 bits per heavy atom. The Kier molecular flexibility index (Phi) is 5.18. The second-order valence-electron chi connectivity index (χ2n) is 1.86. The van der Waals surface area contributed by atoms with Crippen LogP contribution in [0.2, 0.25) is 0 Å². The van der Waals surface area contributed by atoms with Crippen molar-refractivity contribution in [3.63, 3.8) is 0 Å². The van der Waals surface area contributed by atoms with Crippen molar-refractivity contribution in [2.24, 2.45) is 0 Å². The molecule has 6 heteroatoms. The van der Waals surface area contributed by atoms with Gasteiger partial charge in [-0.25, -0.2) is 13.2 Å². The lowest BCUT2D eigenvalue weighted by Crippen LogP contribution is -2.25. The lowest BCUT2D eigenvalue weighted by atomic mass is 10.4. The van der Waals surface area contributed by atoms with Gasteiger partial charge in [-0.3, -0.25) is 0 Å². The number of aliphatic hydroxyl groups excluding tert-OH is 2. The van der Waals surface area contributed by atoms with Crippen LogP contribution < -0.4 is 0 Å². The molecule has 0 saturated heterocycles. The van der Waals surface area contributed by atoms with Crippen molar-refractivity contribution in [3.05, 3.63) is 0 Å². The third kappa shape index (κ3) is 5.00. The highest BCUT2D eigenvalue weighted by atomic mass is 19.3. The van der Waals surface area contributed by atoms with Gasteiger partial charge in [0.05, 0.1) is 13.2 Å². The maximum absolute atomic E-state index is 11.9. The van der Waals surface area contributed by atoms with Crippen molar-refractivity contribution in [1.82, 2.24) is 0 Å². The minimum absolute atomic E-state index is 0.637. The predicted molar refractivity (Wildman–Crippen MR) is 29.9 cm³/mol. The lowest BCUT2D eigenvalue weighted by molar-refractivity contribution is -0.147. The number of hydrogen-bond donors (Lipinski definition) is 2. The number of rotatable bonds is 5. The third-order valence-electron chi connectivity index (χ3n) is 0.857. The number of aliphatic hydroxyl groups is 2. The molecule has 0 rings (SSSR count). The Bertz CT molecular complexity index is 101. The SMILES string of the molecule is OCC(O)COC(F)C(F)F. The summed E-state index contributed by atoms with van der Waals surface area (Å²) in [6.45, 7) is -1.28. The summed E-state index contributed by atoms with van der Waals surface area (Å²) in [4.78, 5) is 0. The molecule has 0 amide bonds. The van der Waals surface area contributed by atoms with E-state index >= 15 is 0 Å². The molecule has 0 radical (unpaired) electrons. The summed E-state index contributed by atoms with van der Waals surface area (Å²) in [5.74, 6) is 0. The standard InChI is InChI=1S/C5H9F3O3/c6-4(7)5(8)11-2-3(10)1-9/h3-5,9-10H,1-2H2. The van der Waals surface area contributed by atoms with E-state index in [0.717, 1.165) is 0 Å². The fourth-order valence-corrected chi connectivity index (χ4v) is 0.328. The first-order valence-electron chi connectivity index (χ1n) is 2.90. The van der Waals surface area contributed by atoms with Gasteiger partial charge in [-0.1, -0.05) is 0 Å². The fraction of sp³-hybridized carbons (Fsp3) is 1.00. The average molecular weight is 174 g/mol. The number of halogens is 3. The summed E-state index contributed by atoms with van der Waals surface area (Å²) >= 11 is 0. The zero-order valence-electron chi connectivity index (χ0n) is 5.58. The zero-order chi connectivity index (χ0) is 8.85. The Labute approximate surface area is 61.4 Å². The van der Waals surface area contributed by atoms with Gasteiger partial charge >= 0.3 is 0 Å². The van der Waals surface area contributed by atoms with E-state index in [9.17, 15) is 13.2 Å². The summed E-state index contributed by atoms with van der Waals surface area (Å²) in [6.07, 6.45) is -7.23. The average Bonchev–Trinajstić information content (AvgIpc) is 1.99. The van der Waals surface area contributed by atoms with Gasteiger partial charge in [0, 0.05) is 0 Å². The van der Waals surface area contributed by atoms with E-state index in [1.165, 1.54) is 0 Å². The quantitative estimate of drug-likeness (QED) is 0.612. The Morgan fingerprint density at radius 2 is 1.82 bits per heavy atom. The monoisotopic (exact) mass is 174 g/mol. The Hall–Kier alpha value is -0.330. The van der Waals surface area contributed by atoms with Crippen LogP contribution in [0.25, 0.3) is 0 Å². The molecule has 0 heterocycles. The van der Waals surface area contributed by atoms with Gasteiger partial charge in [0.1, 0.15) is 6.10 Å². The highest BCUT2D eigenvalue weighted by Gasteiger charge is 2.20. The summed E-state index contributed by atoms with van der Waals surface area (Å²) in [6, 6.07) is 0. The zero-order valence-corrected chi connectivity index (χ0v) is 5.58. The molecule has 0 aromatic rings. The van der Waals surface area contributed by atoms with E-state index in [1.807, 2.05) is 0 Å². The number of hydrogen-bond acceptors (Lipinski definition) is 3. The summed E-state index contributed by atoms with van der Waals surface area (Å²) < 4.78 is 38.4. The maximum Gasteiger partial charge on any atom is 0.293 e. The molecule has 68 valence electrons. The van der Waals surface area contributed by atoms with Crippen LogP contribution in [0, 0.1) is 0 Å². The first-order valence-corrected chi connectivity index (χ1v) is 2.90. The number of alkyl halides is 3. The molecule has 3 nitrogen and oxygen atoms in total. The van der Waals surface area contributed by atoms with Gasteiger partial charge in [-0.15, -0.1) is 0 Å². The van der Waals surface area contributed by atoms with Crippen LogP contribution in [0.5, 0.6) is 0 Å². The summed E-state index contributed by atoms with van der Waals surface area (Å²) in [5.41, 5.74) is 0. The van der Waals surface area contributed by atoms with Crippen LogP contribution >= 0.6 is 0 Å². The third-order valence-corrected chi connectivity index (χ3v) is 0.857. The van der Waals surface area contributed by atoms with Crippen molar-refractivity contribution in [2.45, 2.75) is 18.9 Å². The van der Waals surface area contributed by atoms with Crippen LogP contribution in [-0.2, 0) is 4.74 Å². The van der Waals surface area contributed by atoms with E-state index < -0.39 is 32.1 Å². The van der Waals surface area contributed by atoms with E-state index in [-0.39, 0.29) is 0 Å². The normalized spacial score (nSPS) is 16.9. The molecule has 0 bridgehead atoms. The molecule has 0 aromatic heterocycles. The van der Waals surface area contributed by atoms with Gasteiger partial charge < -0.3 is 14.9 Å².